The maximum atomic E-state index is 11.8. The van der Waals surface area contributed by atoms with Crippen molar-refractivity contribution in [1.29, 1.82) is 5.41 Å². The molecule has 1 saturated carbocycles. The van der Waals surface area contributed by atoms with E-state index in [9.17, 15) is 18.0 Å². The van der Waals surface area contributed by atoms with Crippen molar-refractivity contribution in [1.82, 2.24) is 5.32 Å². The number of hydrogen-bond donors (Lipinski definition) is 2. The first-order valence-electron chi connectivity index (χ1n) is 4.36. The highest BCUT2D eigenvalue weighted by molar-refractivity contribution is 5.92. The van der Waals surface area contributed by atoms with Crippen LogP contribution in [0.5, 0.6) is 0 Å². The van der Waals surface area contributed by atoms with Crippen molar-refractivity contribution in [2.24, 2.45) is 0 Å². The molecule has 1 fully saturated rings. The van der Waals surface area contributed by atoms with Crippen molar-refractivity contribution in [3.05, 3.63) is 0 Å². The van der Waals surface area contributed by atoms with Crippen LogP contribution in [0, 0.1) is 5.41 Å². The van der Waals surface area contributed by atoms with Crippen LogP contribution in [0.2, 0.25) is 0 Å². The van der Waals surface area contributed by atoms with Gasteiger partial charge in [0, 0.05) is 5.71 Å². The molecule has 0 aliphatic heterocycles. The van der Waals surface area contributed by atoms with Gasteiger partial charge in [0.25, 0.3) is 0 Å². The summed E-state index contributed by atoms with van der Waals surface area (Å²) in [5.41, 5.74) is 0.189. The Morgan fingerprint density at radius 1 is 1.43 bits per heavy atom. The molecular weight excluding hydrogens is 197 g/mol. The zero-order valence-corrected chi connectivity index (χ0v) is 7.45. The van der Waals surface area contributed by atoms with Crippen LogP contribution in [0.1, 0.15) is 25.7 Å². The Balaban J connectivity index is 2.51. The van der Waals surface area contributed by atoms with Crippen LogP contribution in [-0.4, -0.2) is 23.8 Å². The highest BCUT2D eigenvalue weighted by Crippen LogP contribution is 2.18. The molecule has 2 N–H and O–H groups in total. The number of halogens is 3. The summed E-state index contributed by atoms with van der Waals surface area (Å²) in [7, 11) is 0. The Morgan fingerprint density at radius 3 is 2.57 bits per heavy atom. The molecule has 1 atom stereocenters. The summed E-state index contributed by atoms with van der Waals surface area (Å²) in [6.07, 6.45) is -2.37. The van der Waals surface area contributed by atoms with Crippen LogP contribution < -0.4 is 5.32 Å². The second kappa shape index (κ2) is 3.98. The normalized spacial score (nSPS) is 23.4. The third kappa shape index (κ3) is 2.71. The highest BCUT2D eigenvalue weighted by Gasteiger charge is 2.40. The predicted octanol–water partition coefficient (Wildman–Crippen LogP) is 1.63. The fraction of sp³-hybridized carbons (Fsp3) is 0.750. The third-order valence-electron chi connectivity index (χ3n) is 2.17. The summed E-state index contributed by atoms with van der Waals surface area (Å²) in [5, 5.41) is 9.18. The van der Waals surface area contributed by atoms with Crippen molar-refractivity contribution in [3.8, 4) is 0 Å². The van der Waals surface area contributed by atoms with E-state index in [2.05, 4.69) is 0 Å². The van der Waals surface area contributed by atoms with E-state index < -0.39 is 18.1 Å². The van der Waals surface area contributed by atoms with E-state index in [1.165, 1.54) is 0 Å². The molecule has 1 unspecified atom stereocenters. The molecule has 1 amide bonds. The second-order valence-electron chi connectivity index (χ2n) is 3.29. The first-order valence-corrected chi connectivity index (χ1v) is 4.36. The minimum atomic E-state index is -4.85. The summed E-state index contributed by atoms with van der Waals surface area (Å²) in [6, 6.07) is -0.724. The number of rotatable bonds is 1. The Hall–Kier alpha value is -1.07. The van der Waals surface area contributed by atoms with Crippen molar-refractivity contribution in [2.45, 2.75) is 37.9 Å². The van der Waals surface area contributed by atoms with Gasteiger partial charge in [-0.1, -0.05) is 6.42 Å². The lowest BCUT2D eigenvalue weighted by Gasteiger charge is -2.24. The molecule has 1 rings (SSSR count). The Bertz CT molecular complexity index is 249. The average molecular weight is 208 g/mol. The molecule has 0 radical (unpaired) electrons. The average Bonchev–Trinajstić information content (AvgIpc) is 2.07. The van der Waals surface area contributed by atoms with Gasteiger partial charge in [-0.2, -0.15) is 13.2 Å². The van der Waals surface area contributed by atoms with E-state index in [1.807, 2.05) is 5.32 Å². The van der Waals surface area contributed by atoms with Gasteiger partial charge in [0.1, 0.15) is 0 Å². The lowest BCUT2D eigenvalue weighted by molar-refractivity contribution is -0.174. The quantitative estimate of drug-likeness (QED) is 0.676. The van der Waals surface area contributed by atoms with Gasteiger partial charge < -0.3 is 10.7 Å². The monoisotopic (exact) mass is 208 g/mol. The van der Waals surface area contributed by atoms with E-state index in [0.29, 0.717) is 12.8 Å². The molecule has 1 aliphatic rings. The number of hydrogen-bond acceptors (Lipinski definition) is 2. The van der Waals surface area contributed by atoms with Crippen LogP contribution in [0.4, 0.5) is 13.2 Å². The standard InChI is InChI=1S/C8H11F3N2O/c9-8(10,11)7(14)13-6-4-2-1-3-5(6)12/h6,12H,1-4H2,(H,13,14). The molecule has 0 saturated heterocycles. The molecule has 0 aromatic heterocycles. The van der Waals surface area contributed by atoms with Gasteiger partial charge in [0.15, 0.2) is 0 Å². The van der Waals surface area contributed by atoms with Crippen molar-refractivity contribution in [3.63, 3.8) is 0 Å². The zero-order chi connectivity index (χ0) is 10.8. The van der Waals surface area contributed by atoms with Gasteiger partial charge in [-0.3, -0.25) is 4.79 Å². The SMILES string of the molecule is N=C1CCCCC1NC(=O)C(F)(F)F. The molecule has 0 aromatic rings. The Morgan fingerprint density at radius 2 is 2.07 bits per heavy atom. The lowest BCUT2D eigenvalue weighted by Crippen LogP contribution is -2.47. The van der Waals surface area contributed by atoms with Crippen molar-refractivity contribution >= 4 is 11.6 Å². The summed E-state index contributed by atoms with van der Waals surface area (Å²) in [4.78, 5) is 10.5. The smallest absolute Gasteiger partial charge is 0.340 e. The molecule has 14 heavy (non-hydrogen) atoms. The van der Waals surface area contributed by atoms with Crippen LogP contribution in [-0.2, 0) is 4.79 Å². The summed E-state index contributed by atoms with van der Waals surface area (Å²) in [5.74, 6) is -1.95. The van der Waals surface area contributed by atoms with Crippen LogP contribution in [0.25, 0.3) is 0 Å². The minimum Gasteiger partial charge on any atom is -0.340 e. The number of amides is 1. The second-order valence-corrected chi connectivity index (χ2v) is 3.29. The van der Waals surface area contributed by atoms with E-state index in [-0.39, 0.29) is 5.71 Å². The molecule has 1 aliphatic carbocycles. The number of carbonyl (C=O) groups excluding carboxylic acids is 1. The van der Waals surface area contributed by atoms with Gasteiger partial charge in [0.05, 0.1) is 6.04 Å². The predicted molar refractivity (Wildman–Crippen MR) is 44.2 cm³/mol. The summed E-state index contributed by atoms with van der Waals surface area (Å²) >= 11 is 0. The van der Waals surface area contributed by atoms with E-state index in [4.69, 9.17) is 5.41 Å². The van der Waals surface area contributed by atoms with Crippen molar-refractivity contribution < 1.29 is 18.0 Å². The Labute approximate surface area is 79.2 Å². The Kier molecular flexibility index (Phi) is 3.13. The first-order chi connectivity index (χ1) is 6.41. The number of alkyl halides is 3. The number of carbonyl (C=O) groups is 1. The molecule has 0 bridgehead atoms. The fourth-order valence-electron chi connectivity index (χ4n) is 1.41. The lowest BCUT2D eigenvalue weighted by atomic mass is 9.93. The molecule has 0 aromatic carbocycles. The largest absolute Gasteiger partial charge is 0.471 e. The zero-order valence-electron chi connectivity index (χ0n) is 7.45. The van der Waals surface area contributed by atoms with Gasteiger partial charge in [-0.15, -0.1) is 0 Å². The van der Waals surface area contributed by atoms with Crippen molar-refractivity contribution in [2.75, 3.05) is 0 Å². The molecule has 0 spiro atoms. The van der Waals surface area contributed by atoms with Crippen LogP contribution in [0.3, 0.4) is 0 Å². The number of nitrogens with one attached hydrogen (secondary N) is 2. The van der Waals surface area contributed by atoms with E-state index in [0.717, 1.165) is 12.8 Å². The van der Waals surface area contributed by atoms with Gasteiger partial charge in [-0.05, 0) is 19.3 Å². The molecule has 80 valence electrons. The van der Waals surface area contributed by atoms with E-state index >= 15 is 0 Å². The molecule has 3 nitrogen and oxygen atoms in total. The van der Waals surface area contributed by atoms with Gasteiger partial charge in [-0.25, -0.2) is 0 Å². The topological polar surface area (TPSA) is 53.0 Å². The van der Waals surface area contributed by atoms with E-state index in [1.54, 1.807) is 0 Å². The highest BCUT2D eigenvalue weighted by atomic mass is 19.4. The molecule has 6 heteroatoms. The first kappa shape index (κ1) is 11.0. The molecular formula is C8H11F3N2O. The fourth-order valence-corrected chi connectivity index (χ4v) is 1.41. The third-order valence-corrected chi connectivity index (χ3v) is 2.17. The summed E-state index contributed by atoms with van der Waals surface area (Å²) in [6.45, 7) is 0. The maximum Gasteiger partial charge on any atom is 0.471 e. The molecule has 0 heterocycles. The van der Waals surface area contributed by atoms with Crippen LogP contribution in [0.15, 0.2) is 0 Å². The van der Waals surface area contributed by atoms with Gasteiger partial charge in [0.2, 0.25) is 0 Å². The maximum absolute atomic E-state index is 11.8. The minimum absolute atomic E-state index is 0.189. The van der Waals surface area contributed by atoms with Crippen LogP contribution >= 0.6 is 0 Å². The van der Waals surface area contributed by atoms with Gasteiger partial charge >= 0.3 is 12.1 Å². The summed E-state index contributed by atoms with van der Waals surface area (Å²) < 4.78 is 35.5.